The molecular formula is C14H26BrNO4. The zero-order valence-electron chi connectivity index (χ0n) is 13.0. The summed E-state index contributed by atoms with van der Waals surface area (Å²) in [5.74, 6) is -0.149. The monoisotopic (exact) mass is 351 g/mol. The highest BCUT2D eigenvalue weighted by Crippen LogP contribution is 2.10. The van der Waals surface area contributed by atoms with E-state index in [-0.39, 0.29) is 5.92 Å². The molecule has 0 aromatic carbocycles. The van der Waals surface area contributed by atoms with Gasteiger partial charge in [0.15, 0.2) is 0 Å². The molecule has 6 heteroatoms. The van der Waals surface area contributed by atoms with E-state index in [0.717, 1.165) is 11.8 Å². The summed E-state index contributed by atoms with van der Waals surface area (Å²) in [4.78, 5) is 23.7. The first kappa shape index (κ1) is 19.2. The lowest BCUT2D eigenvalue weighted by atomic mass is 10.0. The minimum atomic E-state index is -0.667. The van der Waals surface area contributed by atoms with Crippen molar-refractivity contribution < 1.29 is 19.1 Å². The summed E-state index contributed by atoms with van der Waals surface area (Å²) in [6, 6.07) is -0.667. The van der Waals surface area contributed by atoms with Crippen LogP contribution in [0, 0.1) is 5.92 Å². The lowest BCUT2D eigenvalue weighted by Gasteiger charge is -2.23. The van der Waals surface area contributed by atoms with Gasteiger partial charge in [0.05, 0.1) is 6.61 Å². The van der Waals surface area contributed by atoms with Gasteiger partial charge in [0, 0.05) is 5.33 Å². The van der Waals surface area contributed by atoms with Crippen LogP contribution in [0.2, 0.25) is 0 Å². The van der Waals surface area contributed by atoms with Crippen molar-refractivity contribution in [1.82, 2.24) is 5.32 Å². The number of carbonyl (C=O) groups excluding carboxylic acids is 2. The van der Waals surface area contributed by atoms with Crippen molar-refractivity contribution in [3.63, 3.8) is 0 Å². The lowest BCUT2D eigenvalue weighted by molar-refractivity contribution is -0.146. The van der Waals surface area contributed by atoms with Gasteiger partial charge in [0.1, 0.15) is 11.6 Å². The van der Waals surface area contributed by atoms with E-state index >= 15 is 0 Å². The Morgan fingerprint density at radius 3 is 2.30 bits per heavy atom. The molecule has 0 radical (unpaired) electrons. The number of carbonyl (C=O) groups is 2. The molecule has 0 unspecified atom stereocenters. The number of hydrogen-bond acceptors (Lipinski definition) is 4. The number of halogens is 1. The van der Waals surface area contributed by atoms with Crippen molar-refractivity contribution >= 4 is 28.0 Å². The van der Waals surface area contributed by atoms with E-state index in [9.17, 15) is 9.59 Å². The van der Waals surface area contributed by atoms with Crippen LogP contribution in [0.4, 0.5) is 4.79 Å². The normalized spacial score (nSPS) is 12.9. The zero-order chi connectivity index (χ0) is 15.8. The molecule has 0 aliphatic heterocycles. The maximum absolute atomic E-state index is 11.9. The highest BCUT2D eigenvalue weighted by Gasteiger charge is 2.26. The van der Waals surface area contributed by atoms with Crippen LogP contribution < -0.4 is 5.32 Å². The van der Waals surface area contributed by atoms with Crippen molar-refractivity contribution in [2.45, 2.75) is 59.1 Å². The van der Waals surface area contributed by atoms with Gasteiger partial charge >= 0.3 is 12.1 Å². The predicted octanol–water partition coefficient (Wildman–Crippen LogP) is 3.25. The molecule has 0 fully saturated rings. The first-order valence-electron chi connectivity index (χ1n) is 6.88. The summed E-state index contributed by atoms with van der Waals surface area (Å²) in [5, 5.41) is 3.36. The fourth-order valence-corrected chi connectivity index (χ4v) is 1.69. The largest absolute Gasteiger partial charge is 0.464 e. The van der Waals surface area contributed by atoms with Crippen LogP contribution in [-0.2, 0) is 14.3 Å². The van der Waals surface area contributed by atoms with E-state index in [1.165, 1.54) is 0 Å². The van der Waals surface area contributed by atoms with Gasteiger partial charge in [-0.05, 0) is 39.5 Å². The molecule has 0 aromatic heterocycles. The van der Waals surface area contributed by atoms with Crippen molar-refractivity contribution in [2.24, 2.45) is 5.92 Å². The third-order valence-corrected chi connectivity index (χ3v) is 2.77. The van der Waals surface area contributed by atoms with Crippen molar-refractivity contribution in [3.05, 3.63) is 0 Å². The van der Waals surface area contributed by atoms with Gasteiger partial charge in [0.2, 0.25) is 0 Å². The maximum Gasteiger partial charge on any atom is 0.408 e. The van der Waals surface area contributed by atoms with Crippen LogP contribution in [0.25, 0.3) is 0 Å². The number of nitrogens with one attached hydrogen (secondary N) is 1. The Labute approximate surface area is 129 Å². The van der Waals surface area contributed by atoms with E-state index in [0.29, 0.717) is 13.0 Å². The molecule has 1 atom stereocenters. The van der Waals surface area contributed by atoms with Gasteiger partial charge in [-0.2, -0.15) is 0 Å². The first-order valence-corrected chi connectivity index (χ1v) is 8.00. The molecule has 118 valence electrons. The average molecular weight is 352 g/mol. The summed E-state index contributed by atoms with van der Waals surface area (Å²) in [6.45, 7) is 9.63. The number of hydrogen-bond donors (Lipinski definition) is 1. The van der Waals surface area contributed by atoms with Crippen LogP contribution in [0.1, 0.15) is 47.5 Å². The fraction of sp³-hybridized carbons (Fsp3) is 0.857. The van der Waals surface area contributed by atoms with Crippen LogP contribution in [0.15, 0.2) is 0 Å². The molecule has 0 rings (SSSR count). The summed E-state index contributed by atoms with van der Waals surface area (Å²) in [5.41, 5.74) is -0.591. The van der Waals surface area contributed by atoms with E-state index < -0.39 is 23.7 Å². The summed E-state index contributed by atoms with van der Waals surface area (Å²) < 4.78 is 10.3. The molecule has 0 aliphatic carbocycles. The maximum atomic E-state index is 11.9. The number of alkyl carbamates (subject to hydrolysis) is 1. The van der Waals surface area contributed by atoms with Gasteiger partial charge in [-0.3, -0.25) is 0 Å². The Balaban J connectivity index is 4.47. The quantitative estimate of drug-likeness (QED) is 0.434. The van der Waals surface area contributed by atoms with E-state index in [1.807, 2.05) is 13.8 Å². The molecule has 1 amide bonds. The minimum absolute atomic E-state index is 0.263. The Bertz CT molecular complexity index is 313. The second-order valence-electron chi connectivity index (χ2n) is 6.04. The van der Waals surface area contributed by atoms with Crippen LogP contribution in [0.5, 0.6) is 0 Å². The molecule has 0 aromatic rings. The Morgan fingerprint density at radius 2 is 1.85 bits per heavy atom. The topological polar surface area (TPSA) is 64.6 Å². The highest BCUT2D eigenvalue weighted by molar-refractivity contribution is 9.09. The standard InChI is InChI=1S/C14H26BrNO4/c1-10(2)9-11(12(17)19-8-6-7-15)16-13(18)20-14(3,4)5/h10-11H,6-9H2,1-5H3,(H,16,18)/t11-/m0/s1. The Morgan fingerprint density at radius 1 is 1.25 bits per heavy atom. The lowest BCUT2D eigenvalue weighted by Crippen LogP contribution is -2.45. The Kier molecular flexibility index (Phi) is 8.85. The van der Waals surface area contributed by atoms with E-state index in [2.05, 4.69) is 21.2 Å². The number of ether oxygens (including phenoxy) is 2. The fourth-order valence-electron chi connectivity index (χ4n) is 1.46. The molecule has 0 bridgehead atoms. The highest BCUT2D eigenvalue weighted by atomic mass is 79.9. The molecule has 0 saturated heterocycles. The van der Waals surface area contributed by atoms with E-state index in [1.54, 1.807) is 20.8 Å². The van der Waals surface area contributed by atoms with Gasteiger partial charge in [-0.15, -0.1) is 0 Å². The molecule has 5 nitrogen and oxygen atoms in total. The molecule has 0 heterocycles. The molecule has 1 N–H and O–H groups in total. The van der Waals surface area contributed by atoms with E-state index in [4.69, 9.17) is 9.47 Å². The second kappa shape index (κ2) is 9.21. The number of esters is 1. The number of rotatable bonds is 7. The predicted molar refractivity (Wildman–Crippen MR) is 82.0 cm³/mol. The second-order valence-corrected chi connectivity index (χ2v) is 6.83. The molecule has 0 spiro atoms. The number of alkyl halides is 1. The summed E-state index contributed by atoms with van der Waals surface area (Å²) >= 11 is 3.27. The zero-order valence-corrected chi connectivity index (χ0v) is 14.6. The number of amides is 1. The smallest absolute Gasteiger partial charge is 0.408 e. The van der Waals surface area contributed by atoms with Gasteiger partial charge in [0.25, 0.3) is 0 Å². The molecule has 20 heavy (non-hydrogen) atoms. The van der Waals surface area contributed by atoms with Crippen molar-refractivity contribution in [1.29, 1.82) is 0 Å². The third kappa shape index (κ3) is 10.1. The first-order chi connectivity index (χ1) is 9.15. The van der Waals surface area contributed by atoms with Crippen molar-refractivity contribution in [2.75, 3.05) is 11.9 Å². The van der Waals surface area contributed by atoms with Gasteiger partial charge < -0.3 is 14.8 Å². The van der Waals surface area contributed by atoms with Crippen molar-refractivity contribution in [3.8, 4) is 0 Å². The van der Waals surface area contributed by atoms with Gasteiger partial charge in [-0.1, -0.05) is 29.8 Å². The minimum Gasteiger partial charge on any atom is -0.464 e. The Hall–Kier alpha value is -0.780. The summed E-state index contributed by atoms with van der Waals surface area (Å²) in [7, 11) is 0. The SMILES string of the molecule is CC(C)C[C@H](NC(=O)OC(C)(C)C)C(=O)OCCCBr. The van der Waals surface area contributed by atoms with Crippen LogP contribution in [-0.4, -0.2) is 35.6 Å². The summed E-state index contributed by atoms with van der Waals surface area (Å²) in [6.07, 6.45) is 0.666. The average Bonchev–Trinajstić information content (AvgIpc) is 2.25. The molecule has 0 saturated carbocycles. The van der Waals surface area contributed by atoms with Gasteiger partial charge in [-0.25, -0.2) is 9.59 Å². The molecule has 0 aliphatic rings. The molecular weight excluding hydrogens is 326 g/mol. The van der Waals surface area contributed by atoms with Crippen LogP contribution >= 0.6 is 15.9 Å². The third-order valence-electron chi connectivity index (χ3n) is 2.20. The van der Waals surface area contributed by atoms with Crippen LogP contribution in [0.3, 0.4) is 0 Å².